The van der Waals surface area contributed by atoms with Crippen molar-refractivity contribution in [1.29, 1.82) is 0 Å². The number of amides is 1. The van der Waals surface area contributed by atoms with E-state index in [9.17, 15) is 9.59 Å². The minimum atomic E-state index is -0.593. The molecule has 0 aliphatic heterocycles. The highest BCUT2D eigenvalue weighted by atomic mass is 16.2. The van der Waals surface area contributed by atoms with Crippen LogP contribution in [0.3, 0.4) is 0 Å². The van der Waals surface area contributed by atoms with Crippen molar-refractivity contribution in [3.05, 3.63) is 65.7 Å². The molecule has 0 aliphatic rings. The van der Waals surface area contributed by atoms with E-state index in [1.807, 2.05) is 24.3 Å². The Morgan fingerprint density at radius 2 is 1.58 bits per heavy atom. The molecule has 0 atom stereocenters. The van der Waals surface area contributed by atoms with Crippen LogP contribution >= 0.6 is 0 Å². The molecule has 0 fully saturated rings. The van der Waals surface area contributed by atoms with E-state index in [0.29, 0.717) is 12.1 Å². The lowest BCUT2D eigenvalue weighted by atomic mass is 10.1. The van der Waals surface area contributed by atoms with Gasteiger partial charge in [0.1, 0.15) is 5.69 Å². The Morgan fingerprint density at radius 1 is 0.947 bits per heavy atom. The SMILES string of the molecule is [NH3+]c1ccc(CNC(=O)C(=O)c2ccccc2)cc1. The third kappa shape index (κ3) is 3.50. The van der Waals surface area contributed by atoms with Gasteiger partial charge in [-0.2, -0.15) is 0 Å². The molecule has 0 radical (unpaired) electrons. The largest absolute Gasteiger partial charge is 0.345 e. The quantitative estimate of drug-likeness (QED) is 0.633. The monoisotopic (exact) mass is 255 g/mol. The van der Waals surface area contributed by atoms with E-state index in [4.69, 9.17) is 0 Å². The molecule has 4 N–H and O–H groups in total. The number of hydrogen-bond acceptors (Lipinski definition) is 2. The van der Waals surface area contributed by atoms with Crippen LogP contribution in [0.15, 0.2) is 54.6 Å². The van der Waals surface area contributed by atoms with Crippen molar-refractivity contribution in [2.75, 3.05) is 0 Å². The van der Waals surface area contributed by atoms with Crippen LogP contribution in [0.1, 0.15) is 15.9 Å². The predicted molar refractivity (Wildman–Crippen MR) is 71.6 cm³/mol. The van der Waals surface area contributed by atoms with Gasteiger partial charge in [0.25, 0.3) is 5.91 Å². The summed E-state index contributed by atoms with van der Waals surface area (Å²) in [5.41, 5.74) is 6.02. The van der Waals surface area contributed by atoms with Gasteiger partial charge in [0.15, 0.2) is 0 Å². The zero-order valence-electron chi connectivity index (χ0n) is 10.4. The molecule has 2 rings (SSSR count). The highest BCUT2D eigenvalue weighted by molar-refractivity contribution is 6.42. The normalized spacial score (nSPS) is 9.95. The first-order valence-electron chi connectivity index (χ1n) is 5.95. The zero-order chi connectivity index (χ0) is 13.7. The van der Waals surface area contributed by atoms with Crippen molar-refractivity contribution < 1.29 is 15.3 Å². The molecular weight excluding hydrogens is 240 g/mol. The molecule has 0 aliphatic carbocycles. The van der Waals surface area contributed by atoms with Gasteiger partial charge < -0.3 is 11.1 Å². The summed E-state index contributed by atoms with van der Waals surface area (Å²) in [6.07, 6.45) is 0. The Bertz CT molecular complexity index is 577. The Balaban J connectivity index is 1.95. The fourth-order valence-corrected chi connectivity index (χ4v) is 1.64. The maximum absolute atomic E-state index is 11.8. The van der Waals surface area contributed by atoms with Crippen LogP contribution < -0.4 is 11.1 Å². The highest BCUT2D eigenvalue weighted by Gasteiger charge is 2.14. The van der Waals surface area contributed by atoms with Crippen LogP contribution in [0, 0.1) is 0 Å². The summed E-state index contributed by atoms with van der Waals surface area (Å²) >= 11 is 0. The number of quaternary nitrogens is 1. The minimum absolute atomic E-state index is 0.331. The van der Waals surface area contributed by atoms with E-state index in [1.165, 1.54) is 0 Å². The Labute approximate surface area is 111 Å². The van der Waals surface area contributed by atoms with E-state index in [2.05, 4.69) is 11.1 Å². The summed E-state index contributed by atoms with van der Waals surface area (Å²) in [5, 5.41) is 2.61. The summed E-state index contributed by atoms with van der Waals surface area (Å²) in [4.78, 5) is 23.5. The average Bonchev–Trinajstić information content (AvgIpc) is 2.46. The van der Waals surface area contributed by atoms with Crippen LogP contribution in [0.4, 0.5) is 5.69 Å². The second-order valence-electron chi connectivity index (χ2n) is 4.19. The smallest absolute Gasteiger partial charge is 0.292 e. The second-order valence-corrected chi connectivity index (χ2v) is 4.19. The third-order valence-electron chi connectivity index (χ3n) is 2.72. The molecule has 0 bridgehead atoms. The van der Waals surface area contributed by atoms with Crippen LogP contribution in [-0.2, 0) is 11.3 Å². The van der Waals surface area contributed by atoms with Crippen molar-refractivity contribution >= 4 is 17.4 Å². The lowest BCUT2D eigenvalue weighted by Crippen LogP contribution is -2.40. The molecule has 0 spiro atoms. The summed E-state index contributed by atoms with van der Waals surface area (Å²) < 4.78 is 0. The number of ketones is 1. The summed E-state index contributed by atoms with van der Waals surface area (Å²) in [6, 6.07) is 16.0. The second kappa shape index (κ2) is 5.93. The average molecular weight is 255 g/mol. The van der Waals surface area contributed by atoms with Gasteiger partial charge in [0.05, 0.1) is 0 Å². The molecule has 0 aromatic heterocycles. The van der Waals surface area contributed by atoms with E-state index >= 15 is 0 Å². The van der Waals surface area contributed by atoms with Gasteiger partial charge in [0, 0.05) is 12.1 Å². The third-order valence-corrected chi connectivity index (χ3v) is 2.72. The molecule has 2 aromatic rings. The van der Waals surface area contributed by atoms with Gasteiger partial charge in [-0.3, -0.25) is 9.59 Å². The van der Waals surface area contributed by atoms with E-state index in [0.717, 1.165) is 11.3 Å². The summed E-state index contributed by atoms with van der Waals surface area (Å²) in [6.45, 7) is 0.331. The van der Waals surface area contributed by atoms with E-state index in [-0.39, 0.29) is 0 Å². The van der Waals surface area contributed by atoms with E-state index < -0.39 is 11.7 Å². The zero-order valence-corrected chi connectivity index (χ0v) is 10.4. The number of benzene rings is 2. The number of nitrogens with one attached hydrogen (secondary N) is 1. The maximum Gasteiger partial charge on any atom is 0.292 e. The molecule has 0 unspecified atom stereocenters. The molecule has 0 saturated carbocycles. The lowest BCUT2D eigenvalue weighted by Gasteiger charge is -2.04. The summed E-state index contributed by atoms with van der Waals surface area (Å²) in [5.74, 6) is -1.11. The van der Waals surface area contributed by atoms with Gasteiger partial charge >= 0.3 is 0 Å². The Kier molecular flexibility index (Phi) is 4.05. The van der Waals surface area contributed by atoms with Gasteiger partial charge in [-0.15, -0.1) is 0 Å². The Morgan fingerprint density at radius 3 is 2.21 bits per heavy atom. The van der Waals surface area contributed by atoms with Gasteiger partial charge in [0.2, 0.25) is 5.78 Å². The fourth-order valence-electron chi connectivity index (χ4n) is 1.64. The number of carbonyl (C=O) groups excluding carboxylic acids is 2. The van der Waals surface area contributed by atoms with Gasteiger partial charge in [-0.05, 0) is 17.7 Å². The van der Waals surface area contributed by atoms with Crippen molar-refractivity contribution in [1.82, 2.24) is 5.32 Å². The number of hydrogen-bond donors (Lipinski definition) is 2. The number of Topliss-reactive ketones (excluding diaryl/α,β-unsaturated/α-hetero) is 1. The van der Waals surface area contributed by atoms with Crippen molar-refractivity contribution in [3.63, 3.8) is 0 Å². The maximum atomic E-state index is 11.8. The van der Waals surface area contributed by atoms with E-state index in [1.54, 1.807) is 30.3 Å². The molecule has 4 heteroatoms. The number of carbonyl (C=O) groups is 2. The van der Waals surface area contributed by atoms with Gasteiger partial charge in [-0.1, -0.05) is 42.5 Å². The first-order chi connectivity index (χ1) is 9.16. The fraction of sp³-hybridized carbons (Fsp3) is 0.0667. The minimum Gasteiger partial charge on any atom is -0.345 e. The topological polar surface area (TPSA) is 73.8 Å². The lowest BCUT2D eigenvalue weighted by molar-refractivity contribution is -0.254. The molecule has 2 aromatic carbocycles. The first-order valence-corrected chi connectivity index (χ1v) is 5.95. The standard InChI is InChI=1S/C15H14N2O2/c16-13-8-6-11(7-9-13)10-17-15(19)14(18)12-4-2-1-3-5-12/h1-9H,10,16H2,(H,17,19)/p+1. The van der Waals surface area contributed by atoms with Crippen LogP contribution in [0.5, 0.6) is 0 Å². The first kappa shape index (κ1) is 13.0. The molecule has 4 nitrogen and oxygen atoms in total. The van der Waals surface area contributed by atoms with Crippen molar-refractivity contribution in [2.45, 2.75) is 6.54 Å². The van der Waals surface area contributed by atoms with Crippen LogP contribution in [0.2, 0.25) is 0 Å². The Hall–Kier alpha value is -2.46. The highest BCUT2D eigenvalue weighted by Crippen LogP contribution is 2.04. The number of rotatable bonds is 4. The van der Waals surface area contributed by atoms with Crippen molar-refractivity contribution in [2.24, 2.45) is 0 Å². The van der Waals surface area contributed by atoms with Gasteiger partial charge in [-0.25, -0.2) is 0 Å². The molecular formula is C15H15N2O2+. The molecule has 96 valence electrons. The van der Waals surface area contributed by atoms with Crippen LogP contribution in [0.25, 0.3) is 0 Å². The molecule has 0 heterocycles. The molecule has 0 saturated heterocycles. The predicted octanol–water partition coefficient (Wildman–Crippen LogP) is 1.06. The molecule has 1 amide bonds. The van der Waals surface area contributed by atoms with Crippen molar-refractivity contribution in [3.8, 4) is 0 Å². The molecule has 19 heavy (non-hydrogen) atoms. The van der Waals surface area contributed by atoms with Crippen LogP contribution in [-0.4, -0.2) is 11.7 Å². The summed E-state index contributed by atoms with van der Waals surface area (Å²) in [7, 11) is 0.